The number of pyridine rings is 1. The molecule has 2 unspecified atom stereocenters. The molecule has 1 aromatic heterocycles. The van der Waals surface area contributed by atoms with Crippen molar-refractivity contribution >= 4 is 29.1 Å². The first-order valence-corrected chi connectivity index (χ1v) is 18.5. The molecule has 1 saturated carbocycles. The first-order chi connectivity index (χ1) is 24.7. The van der Waals surface area contributed by atoms with E-state index in [9.17, 15) is 9.59 Å². The summed E-state index contributed by atoms with van der Waals surface area (Å²) in [7, 11) is 5.00. The fourth-order valence-corrected chi connectivity index (χ4v) is 7.63. The maximum Gasteiger partial charge on any atom is 0.250 e. The summed E-state index contributed by atoms with van der Waals surface area (Å²) in [5.74, 6) is 0.710. The third-order valence-electron chi connectivity index (χ3n) is 9.68. The Morgan fingerprint density at radius 2 is 1.69 bits per heavy atom. The molecule has 2 heterocycles. The Bertz CT molecular complexity index is 1630. The van der Waals surface area contributed by atoms with E-state index in [4.69, 9.17) is 46.9 Å². The van der Waals surface area contributed by atoms with Crippen molar-refractivity contribution in [1.82, 2.24) is 14.8 Å². The summed E-state index contributed by atoms with van der Waals surface area (Å²) in [6.45, 7) is 5.87. The van der Waals surface area contributed by atoms with E-state index in [-0.39, 0.29) is 17.5 Å². The predicted octanol–water partition coefficient (Wildman–Crippen LogP) is 6.18. The molecule has 3 aromatic rings. The van der Waals surface area contributed by atoms with Crippen LogP contribution in [0, 0.1) is 12.8 Å². The second-order valence-electron chi connectivity index (χ2n) is 13.4. The quantitative estimate of drug-likeness (QED) is 0.146. The van der Waals surface area contributed by atoms with E-state index in [2.05, 4.69) is 17.4 Å². The van der Waals surface area contributed by atoms with Crippen molar-refractivity contribution in [2.24, 2.45) is 5.92 Å². The lowest BCUT2D eigenvalue weighted by atomic mass is 9.75. The van der Waals surface area contributed by atoms with E-state index in [0.717, 1.165) is 48.1 Å². The molecule has 1 aliphatic carbocycles. The number of amides is 1. The molecule has 0 bridgehead atoms. The monoisotopic (exact) mass is 743 g/mol. The number of rotatable bonds is 19. The number of hydrogen-bond donors (Lipinski definition) is 1. The van der Waals surface area contributed by atoms with Crippen molar-refractivity contribution in [3.63, 3.8) is 0 Å². The van der Waals surface area contributed by atoms with Gasteiger partial charge in [0.2, 0.25) is 5.91 Å². The SMILES string of the molecule is COCCCc1cc(CN(C(=O)C2CNCCC2(OC)c2ccn(CCCOc3c(Cl)cc(C)cc3Cl)c(=O)c2)C2CC2)cc(OCCOC)c1. The van der Waals surface area contributed by atoms with Crippen LogP contribution in [0.5, 0.6) is 11.5 Å². The number of nitrogens with zero attached hydrogens (tertiary/aromatic N) is 2. The average Bonchev–Trinajstić information content (AvgIpc) is 3.96. The van der Waals surface area contributed by atoms with E-state index in [1.54, 1.807) is 50.3 Å². The van der Waals surface area contributed by atoms with Gasteiger partial charge >= 0.3 is 0 Å². The highest BCUT2D eigenvalue weighted by Crippen LogP contribution is 2.41. The molecule has 1 aliphatic heterocycles. The van der Waals surface area contributed by atoms with E-state index < -0.39 is 11.5 Å². The number of ether oxygens (including phenoxy) is 5. The standard InChI is InChI=1S/C39H51Cl2N3O7/c1-27-19-34(40)37(35(41)20-27)51-16-6-13-43-14-10-30(24-36(43)45)39(49-4)11-12-42-25-33(39)38(46)44(31-8-9-31)26-29-21-28(7-5-15-47-2)22-32(23-29)50-18-17-48-3/h10,14,19-24,31,33,42H,5-9,11-13,15-18,25-26H2,1-4H3. The van der Waals surface area contributed by atoms with Gasteiger partial charge < -0.3 is 38.5 Å². The molecule has 0 spiro atoms. The van der Waals surface area contributed by atoms with E-state index in [1.807, 2.05) is 24.0 Å². The van der Waals surface area contributed by atoms with Gasteiger partial charge in [-0.3, -0.25) is 9.59 Å². The van der Waals surface area contributed by atoms with Gasteiger partial charge in [-0.2, -0.15) is 0 Å². The highest BCUT2D eigenvalue weighted by molar-refractivity contribution is 6.37. The summed E-state index contributed by atoms with van der Waals surface area (Å²) in [4.78, 5) is 30.1. The van der Waals surface area contributed by atoms with Crippen LogP contribution in [0.2, 0.25) is 10.0 Å². The summed E-state index contributed by atoms with van der Waals surface area (Å²) in [5.41, 5.74) is 2.71. The zero-order valence-electron chi connectivity index (χ0n) is 30.2. The maximum atomic E-state index is 14.7. The molecule has 5 rings (SSSR count). The predicted molar refractivity (Wildman–Crippen MR) is 199 cm³/mol. The molecular formula is C39H51Cl2N3O7. The topological polar surface area (TPSA) is 100 Å². The second-order valence-corrected chi connectivity index (χ2v) is 14.2. The molecule has 10 nitrogen and oxygen atoms in total. The first-order valence-electron chi connectivity index (χ1n) is 17.8. The first kappa shape index (κ1) is 39.1. The lowest BCUT2D eigenvalue weighted by Gasteiger charge is -2.44. The minimum absolute atomic E-state index is 0.0212. The van der Waals surface area contributed by atoms with E-state index >= 15 is 0 Å². The summed E-state index contributed by atoms with van der Waals surface area (Å²) < 4.78 is 30.3. The highest BCUT2D eigenvalue weighted by atomic mass is 35.5. The Morgan fingerprint density at radius 1 is 0.941 bits per heavy atom. The zero-order valence-corrected chi connectivity index (χ0v) is 31.7. The number of hydrogen-bond acceptors (Lipinski definition) is 8. The Labute approximate surface area is 311 Å². The lowest BCUT2D eigenvalue weighted by Crippen LogP contribution is -2.56. The van der Waals surface area contributed by atoms with Crippen LogP contribution in [0.15, 0.2) is 53.5 Å². The van der Waals surface area contributed by atoms with Crippen molar-refractivity contribution in [3.05, 3.63) is 91.3 Å². The number of halogens is 2. The molecule has 278 valence electrons. The molecule has 2 atom stereocenters. The molecular weight excluding hydrogens is 693 g/mol. The zero-order chi connectivity index (χ0) is 36.4. The maximum absolute atomic E-state index is 14.7. The van der Waals surface area contributed by atoms with Crippen molar-refractivity contribution in [1.29, 1.82) is 0 Å². The Morgan fingerprint density at radius 3 is 2.37 bits per heavy atom. The van der Waals surface area contributed by atoms with Crippen LogP contribution in [0.3, 0.4) is 0 Å². The fraction of sp³-hybridized carbons (Fsp3) is 0.538. The summed E-state index contributed by atoms with van der Waals surface area (Å²) in [6.07, 6.45) is 6.55. The number of methoxy groups -OCH3 is 3. The van der Waals surface area contributed by atoms with Gasteiger partial charge in [0.1, 0.15) is 18.0 Å². The molecule has 12 heteroatoms. The van der Waals surface area contributed by atoms with Gasteiger partial charge in [0.05, 0.1) is 29.2 Å². The Balaban J connectivity index is 1.32. The Hall–Kier alpha value is -3.12. The number of nitrogens with one attached hydrogen (secondary N) is 1. The number of aromatic nitrogens is 1. The Kier molecular flexibility index (Phi) is 14.2. The average molecular weight is 745 g/mol. The third kappa shape index (κ3) is 10.1. The van der Waals surface area contributed by atoms with Crippen molar-refractivity contribution in [2.45, 2.75) is 70.2 Å². The number of aryl methyl sites for hydroxylation is 3. The highest BCUT2D eigenvalue weighted by Gasteiger charge is 2.50. The minimum Gasteiger partial charge on any atom is -0.491 e. The third-order valence-corrected chi connectivity index (χ3v) is 10.2. The summed E-state index contributed by atoms with van der Waals surface area (Å²) in [5, 5.41) is 4.34. The van der Waals surface area contributed by atoms with Crippen LogP contribution >= 0.6 is 23.2 Å². The molecule has 1 amide bonds. The number of piperidine rings is 1. The van der Waals surface area contributed by atoms with Gasteiger partial charge in [-0.1, -0.05) is 29.3 Å². The minimum atomic E-state index is -0.952. The summed E-state index contributed by atoms with van der Waals surface area (Å²) >= 11 is 12.6. The summed E-state index contributed by atoms with van der Waals surface area (Å²) in [6, 6.07) is 13.6. The molecule has 0 radical (unpaired) electrons. The van der Waals surface area contributed by atoms with Crippen molar-refractivity contribution in [2.75, 3.05) is 60.8 Å². The molecule has 1 N–H and O–H groups in total. The number of carbonyl (C=O) groups is 1. The molecule has 51 heavy (non-hydrogen) atoms. The van der Waals surface area contributed by atoms with Gasteiger partial charge in [0, 0.05) is 65.9 Å². The lowest BCUT2D eigenvalue weighted by molar-refractivity contribution is -0.155. The van der Waals surface area contributed by atoms with Gasteiger partial charge in [-0.05, 0) is 105 Å². The fourth-order valence-electron chi connectivity index (χ4n) is 6.92. The molecule has 2 aliphatic rings. The van der Waals surface area contributed by atoms with E-state index in [1.165, 1.54) is 0 Å². The molecule has 2 aromatic carbocycles. The molecule has 2 fully saturated rings. The molecule has 1 saturated heterocycles. The van der Waals surface area contributed by atoms with Crippen LogP contribution in [-0.2, 0) is 44.1 Å². The van der Waals surface area contributed by atoms with Crippen molar-refractivity contribution < 1.29 is 28.5 Å². The van der Waals surface area contributed by atoms with Crippen LogP contribution < -0.4 is 20.3 Å². The van der Waals surface area contributed by atoms with Crippen LogP contribution in [-0.4, -0.2) is 82.3 Å². The van der Waals surface area contributed by atoms with Gasteiger partial charge in [-0.25, -0.2) is 0 Å². The second kappa shape index (κ2) is 18.6. The van der Waals surface area contributed by atoms with Gasteiger partial charge in [0.15, 0.2) is 5.75 Å². The van der Waals surface area contributed by atoms with Gasteiger partial charge in [0.25, 0.3) is 5.56 Å². The van der Waals surface area contributed by atoms with Gasteiger partial charge in [-0.15, -0.1) is 0 Å². The van der Waals surface area contributed by atoms with E-state index in [0.29, 0.717) is 86.8 Å². The number of carbonyl (C=O) groups excluding carboxylic acids is 1. The van der Waals surface area contributed by atoms with Crippen LogP contribution in [0.4, 0.5) is 0 Å². The smallest absolute Gasteiger partial charge is 0.250 e. The van der Waals surface area contributed by atoms with Crippen LogP contribution in [0.25, 0.3) is 0 Å². The van der Waals surface area contributed by atoms with Crippen molar-refractivity contribution in [3.8, 4) is 11.5 Å². The largest absolute Gasteiger partial charge is 0.491 e. The normalized spacial score (nSPS) is 18.8. The van der Waals surface area contributed by atoms with Crippen LogP contribution in [0.1, 0.15) is 54.4 Å². The number of benzene rings is 2.